The van der Waals surface area contributed by atoms with E-state index in [4.69, 9.17) is 9.47 Å². The molecule has 0 radical (unpaired) electrons. The van der Waals surface area contributed by atoms with Crippen LogP contribution < -0.4 is 4.74 Å². The number of ether oxygens (including phenoxy) is 2. The number of hydrogen-bond donors (Lipinski definition) is 0. The predicted molar refractivity (Wildman–Crippen MR) is 98.1 cm³/mol. The normalized spacial score (nSPS) is 27.2. The summed E-state index contributed by atoms with van der Waals surface area (Å²) in [6.07, 6.45) is 3.74. The summed E-state index contributed by atoms with van der Waals surface area (Å²) in [7, 11) is 0. The molecule has 2 aromatic rings. The second kappa shape index (κ2) is 6.15. The van der Waals surface area contributed by atoms with Gasteiger partial charge in [-0.1, -0.05) is 42.5 Å². The molecule has 5 rings (SSSR count). The average Bonchev–Trinajstić information content (AvgIpc) is 3.21. The molecule has 2 aliphatic heterocycles. The van der Waals surface area contributed by atoms with Gasteiger partial charge >= 0.3 is 0 Å². The monoisotopic (exact) mass is 335 g/mol. The van der Waals surface area contributed by atoms with Gasteiger partial charge in [-0.3, -0.25) is 4.90 Å². The Morgan fingerprint density at radius 3 is 2.72 bits per heavy atom. The quantitative estimate of drug-likeness (QED) is 0.851. The van der Waals surface area contributed by atoms with Gasteiger partial charge in [0.2, 0.25) is 0 Å². The summed E-state index contributed by atoms with van der Waals surface area (Å²) in [4.78, 5) is 2.57. The number of para-hydroxylation sites is 1. The summed E-state index contributed by atoms with van der Waals surface area (Å²) < 4.78 is 12.2. The highest BCUT2D eigenvalue weighted by atomic mass is 16.6. The Labute approximate surface area is 149 Å². The molecule has 2 atom stereocenters. The molecule has 1 aliphatic carbocycles. The molecular weight excluding hydrogens is 310 g/mol. The van der Waals surface area contributed by atoms with Gasteiger partial charge in [0.1, 0.15) is 11.9 Å². The van der Waals surface area contributed by atoms with E-state index in [1.807, 2.05) is 30.3 Å². The number of aryl methyl sites for hydroxylation is 1. The lowest BCUT2D eigenvalue weighted by molar-refractivity contribution is -0.112. The van der Waals surface area contributed by atoms with Crippen LogP contribution in [0.15, 0.2) is 54.6 Å². The first-order valence-electron chi connectivity index (χ1n) is 9.46. The molecule has 2 heterocycles. The topological polar surface area (TPSA) is 21.7 Å². The van der Waals surface area contributed by atoms with Crippen molar-refractivity contribution in [2.75, 3.05) is 26.2 Å². The Bertz CT molecular complexity index is 739. The number of rotatable bonds is 4. The van der Waals surface area contributed by atoms with E-state index in [-0.39, 0.29) is 11.7 Å². The van der Waals surface area contributed by atoms with Crippen LogP contribution in [0.3, 0.4) is 0 Å². The molecule has 1 spiro atoms. The van der Waals surface area contributed by atoms with Crippen molar-refractivity contribution in [2.24, 2.45) is 0 Å². The maximum absolute atomic E-state index is 6.16. The van der Waals surface area contributed by atoms with E-state index in [1.54, 1.807) is 11.1 Å². The lowest BCUT2D eigenvalue weighted by Gasteiger charge is -2.48. The smallest absolute Gasteiger partial charge is 0.125 e. The third-order valence-corrected chi connectivity index (χ3v) is 5.98. The zero-order chi connectivity index (χ0) is 16.7. The van der Waals surface area contributed by atoms with Gasteiger partial charge in [0.25, 0.3) is 0 Å². The van der Waals surface area contributed by atoms with Crippen molar-refractivity contribution >= 4 is 0 Å². The van der Waals surface area contributed by atoms with E-state index in [9.17, 15) is 0 Å². The molecule has 3 aliphatic rings. The number of nitrogens with zero attached hydrogens (tertiary/aromatic N) is 1. The van der Waals surface area contributed by atoms with E-state index in [2.05, 4.69) is 29.2 Å². The van der Waals surface area contributed by atoms with Crippen molar-refractivity contribution in [3.8, 4) is 5.75 Å². The van der Waals surface area contributed by atoms with Crippen LogP contribution in [0.1, 0.15) is 29.9 Å². The largest absolute Gasteiger partial charge is 0.488 e. The highest BCUT2D eigenvalue weighted by molar-refractivity contribution is 5.35. The first kappa shape index (κ1) is 15.4. The molecule has 130 valence electrons. The zero-order valence-electron chi connectivity index (χ0n) is 14.6. The highest BCUT2D eigenvalue weighted by Crippen LogP contribution is 2.40. The Morgan fingerprint density at radius 1 is 1.04 bits per heavy atom. The maximum Gasteiger partial charge on any atom is 0.125 e. The van der Waals surface area contributed by atoms with Crippen LogP contribution >= 0.6 is 0 Å². The Balaban J connectivity index is 1.15. The van der Waals surface area contributed by atoms with Gasteiger partial charge in [0.05, 0.1) is 12.2 Å². The van der Waals surface area contributed by atoms with Gasteiger partial charge in [-0.25, -0.2) is 0 Å². The standard InChI is InChI=1S/C22H25NO2/c1-2-7-19(8-3-1)25-20-12-22(24-14-20)15-23(16-22)13-18-11-10-17-6-4-5-9-21(17)18/h1-9,18,20H,10-16H2. The van der Waals surface area contributed by atoms with Crippen LogP contribution in [-0.2, 0) is 11.2 Å². The molecule has 0 amide bonds. The van der Waals surface area contributed by atoms with Gasteiger partial charge in [-0.2, -0.15) is 0 Å². The lowest BCUT2D eigenvalue weighted by Crippen LogP contribution is -2.62. The van der Waals surface area contributed by atoms with Crippen molar-refractivity contribution < 1.29 is 9.47 Å². The highest BCUT2D eigenvalue weighted by Gasteiger charge is 2.50. The van der Waals surface area contributed by atoms with Gasteiger partial charge < -0.3 is 9.47 Å². The van der Waals surface area contributed by atoms with Crippen LogP contribution in [0.5, 0.6) is 5.75 Å². The molecule has 2 fully saturated rings. The van der Waals surface area contributed by atoms with Crippen LogP contribution in [0.4, 0.5) is 0 Å². The summed E-state index contributed by atoms with van der Waals surface area (Å²) in [5.41, 5.74) is 3.16. The fraction of sp³-hybridized carbons (Fsp3) is 0.455. The number of hydrogen-bond acceptors (Lipinski definition) is 3. The third kappa shape index (κ3) is 2.96. The predicted octanol–water partition coefficient (Wildman–Crippen LogP) is 3.64. The van der Waals surface area contributed by atoms with Gasteiger partial charge in [-0.15, -0.1) is 0 Å². The molecule has 2 saturated heterocycles. The SMILES string of the molecule is c1ccc(OC2COC3(C2)CN(CC2CCc4ccccc42)C3)cc1. The average molecular weight is 335 g/mol. The van der Waals surface area contributed by atoms with Crippen molar-refractivity contribution in [1.29, 1.82) is 0 Å². The van der Waals surface area contributed by atoms with Crippen LogP contribution in [0.25, 0.3) is 0 Å². The van der Waals surface area contributed by atoms with E-state index >= 15 is 0 Å². The summed E-state index contributed by atoms with van der Waals surface area (Å²) in [6, 6.07) is 19.1. The van der Waals surface area contributed by atoms with E-state index in [0.29, 0.717) is 5.92 Å². The van der Waals surface area contributed by atoms with Crippen molar-refractivity contribution in [1.82, 2.24) is 4.90 Å². The first-order chi connectivity index (χ1) is 12.3. The minimum Gasteiger partial charge on any atom is -0.488 e. The van der Waals surface area contributed by atoms with Crippen LogP contribution in [-0.4, -0.2) is 42.8 Å². The van der Waals surface area contributed by atoms with Crippen molar-refractivity contribution in [2.45, 2.75) is 36.9 Å². The van der Waals surface area contributed by atoms with Crippen molar-refractivity contribution in [3.05, 3.63) is 65.7 Å². The molecule has 0 aromatic heterocycles. The number of benzene rings is 2. The summed E-state index contributed by atoms with van der Waals surface area (Å²) >= 11 is 0. The summed E-state index contributed by atoms with van der Waals surface area (Å²) in [5.74, 6) is 1.65. The molecule has 0 bridgehead atoms. The van der Waals surface area contributed by atoms with E-state index in [0.717, 1.165) is 31.9 Å². The lowest BCUT2D eigenvalue weighted by atomic mass is 9.88. The number of likely N-dealkylation sites (tertiary alicyclic amines) is 1. The summed E-state index contributed by atoms with van der Waals surface area (Å²) in [6.45, 7) is 4.00. The molecule has 3 heteroatoms. The van der Waals surface area contributed by atoms with Gasteiger partial charge in [0, 0.05) is 26.1 Å². The molecule has 0 saturated carbocycles. The molecule has 2 aromatic carbocycles. The minimum absolute atomic E-state index is 0.0393. The molecule has 25 heavy (non-hydrogen) atoms. The fourth-order valence-electron chi connectivity index (χ4n) is 4.83. The van der Waals surface area contributed by atoms with E-state index in [1.165, 1.54) is 19.4 Å². The van der Waals surface area contributed by atoms with Gasteiger partial charge in [0.15, 0.2) is 0 Å². The van der Waals surface area contributed by atoms with Gasteiger partial charge in [-0.05, 0) is 42.0 Å². The fourth-order valence-corrected chi connectivity index (χ4v) is 4.83. The molecule has 0 N–H and O–H groups in total. The van der Waals surface area contributed by atoms with Crippen LogP contribution in [0.2, 0.25) is 0 Å². The van der Waals surface area contributed by atoms with E-state index < -0.39 is 0 Å². The summed E-state index contributed by atoms with van der Waals surface area (Å²) in [5, 5.41) is 0. The number of fused-ring (bicyclic) bond motifs is 1. The third-order valence-electron chi connectivity index (χ3n) is 5.98. The zero-order valence-corrected chi connectivity index (χ0v) is 14.6. The Hall–Kier alpha value is -1.84. The first-order valence-corrected chi connectivity index (χ1v) is 9.46. The Kier molecular flexibility index (Phi) is 3.79. The molecule has 3 nitrogen and oxygen atoms in total. The van der Waals surface area contributed by atoms with Crippen molar-refractivity contribution in [3.63, 3.8) is 0 Å². The Morgan fingerprint density at radius 2 is 1.84 bits per heavy atom. The maximum atomic E-state index is 6.16. The van der Waals surface area contributed by atoms with Crippen LogP contribution in [0, 0.1) is 0 Å². The second-order valence-corrected chi connectivity index (χ2v) is 7.86. The second-order valence-electron chi connectivity index (χ2n) is 7.86. The molecule has 2 unspecified atom stereocenters. The minimum atomic E-state index is 0.0393. The molecular formula is C22H25NO2.